The second-order valence-electron chi connectivity index (χ2n) is 31.5. The monoisotopic (exact) mass is 1790 g/mol. The van der Waals surface area contributed by atoms with Gasteiger partial charge in [-0.2, -0.15) is 0 Å². The second-order valence-corrected chi connectivity index (χ2v) is 33.5. The molecule has 5 saturated heterocycles. The molecule has 1 aliphatic carbocycles. The van der Waals surface area contributed by atoms with E-state index in [4.69, 9.17) is 65.8 Å². The predicted octanol–water partition coefficient (Wildman–Crippen LogP) is 6.38. The van der Waals surface area contributed by atoms with Crippen molar-refractivity contribution in [2.45, 2.75) is 193 Å². The maximum Gasteiger partial charge on any atom is 0.229 e. The summed E-state index contributed by atoms with van der Waals surface area (Å²) in [6.07, 6.45) is -20.0. The summed E-state index contributed by atoms with van der Waals surface area (Å²) in [5.41, 5.74) is 9.18. The molecule has 0 amide bonds. The predicted molar refractivity (Wildman–Crippen MR) is 453 cm³/mol. The van der Waals surface area contributed by atoms with Crippen LogP contribution in [0.5, 0.6) is 34.5 Å². The maximum atomic E-state index is 13.2. The quantitative estimate of drug-likeness (QED) is 0.0196. The molecule has 674 valence electrons. The van der Waals surface area contributed by atoms with Crippen LogP contribution in [-0.2, 0) is 54.1 Å². The first-order valence-electron chi connectivity index (χ1n) is 40.9. The number of carbonyl (C=O) groups excluding carboxylic acids is 1. The Kier molecular flexibility index (Phi) is 34.1. The maximum absolute atomic E-state index is 13.2. The zero-order chi connectivity index (χ0) is 89.4. The van der Waals surface area contributed by atoms with E-state index in [-0.39, 0.29) is 35.4 Å². The van der Waals surface area contributed by atoms with Crippen molar-refractivity contribution >= 4 is 40.3 Å². The number of halogens is 3. The van der Waals surface area contributed by atoms with Gasteiger partial charge in [0.1, 0.15) is 175 Å². The average Bonchev–Trinajstić information content (AvgIpc) is 1.38. The van der Waals surface area contributed by atoms with Crippen LogP contribution in [0.3, 0.4) is 0 Å². The molecule has 33 heteroatoms. The van der Waals surface area contributed by atoms with Crippen molar-refractivity contribution in [1.82, 2.24) is 0 Å². The summed E-state index contributed by atoms with van der Waals surface area (Å²) in [6.45, 7) is 2.38. The van der Waals surface area contributed by atoms with E-state index in [1.807, 2.05) is 97.9 Å². The van der Waals surface area contributed by atoms with E-state index in [1.165, 1.54) is 24.3 Å². The molecule has 5 aliphatic heterocycles. The average molecular weight is 1800 g/mol. The minimum Gasteiger partial charge on any atom is -0.508 e. The lowest BCUT2D eigenvalue weighted by molar-refractivity contribution is -0.277. The number of hydrogen-bond donors (Lipinski definition) is 19. The van der Waals surface area contributed by atoms with Gasteiger partial charge in [-0.3, -0.25) is 4.79 Å². The van der Waals surface area contributed by atoms with Gasteiger partial charge < -0.3 is 140 Å². The largest absolute Gasteiger partial charge is 0.508 e. The molecule has 9 aromatic rings. The Morgan fingerprint density at radius 3 is 1.43 bits per heavy atom. The molecule has 1 saturated carbocycles. The summed E-state index contributed by atoms with van der Waals surface area (Å²) in [4.78, 5) is 15.0. The molecule has 29 nitrogen and oxygen atoms in total. The standard InChI is InChI=1S/C24H29ClO7.C24H25FO5S.C23H27ClO7.C21H24O10/c25-19-8-3-15(24-23(29)22(28)21(27)20(13-26)32-24)12-16(19)11-14-1-4-17(5-2-14)30-9-10-31-18-6-7-18;1-13-2-3-15(24-23(29)22(28)21(27)19(12-26)30-24)10-16(13)11-18-8-9-20(31-18)14-4-6-17(25)7-5-14;24-18-6-3-14(23-22(28)21(27)20(26)19(11-25)31-23)10-15(18)9-13-1-4-16(5-2-13)30-17-7-8-29-12-17;22-9-16-18(27)19(28)20(29)21(31-16)30-15-8-12(24)7-14(26)17(15)13(25)6-3-10-1-4-11(23)5-2-10/h1-5,8,12,18,20-24,26-29H,6-7,9-11,13H2;2-10,19,21-24,26-29H,11-12H2,1H3;1-6,10,17,19-23,25-28H,7-9,11-12H2;1-2,4-5,7-8,16,18-24,26-29H,3,6,9H2/t20?,21-,22+,23?,24+;19?,21-,22+,23?,24+;17-,19?,20-,21+,22?,23+;16?,18-,19+,20?,21-/m1111/s1. The van der Waals surface area contributed by atoms with Crippen molar-refractivity contribution in [3.05, 3.63) is 258 Å². The molecule has 6 fully saturated rings. The molecule has 21 atom stereocenters. The molecule has 6 heterocycles. The van der Waals surface area contributed by atoms with Crippen molar-refractivity contribution < 1.29 is 149 Å². The van der Waals surface area contributed by atoms with Crippen LogP contribution in [-0.4, -0.2) is 272 Å². The van der Waals surface area contributed by atoms with Gasteiger partial charge in [0, 0.05) is 51.2 Å². The fourth-order valence-electron chi connectivity index (χ4n) is 15.0. The molecule has 125 heavy (non-hydrogen) atoms. The number of Topliss-reactive ketones (excluding diaryl/α,β-unsaturated/α-hetero) is 1. The number of ketones is 1. The smallest absolute Gasteiger partial charge is 0.229 e. The Morgan fingerprint density at radius 2 is 0.936 bits per heavy atom. The molecule has 8 unspecified atom stereocenters. The van der Waals surface area contributed by atoms with E-state index >= 15 is 0 Å². The lowest BCUT2D eigenvalue weighted by Crippen LogP contribution is -2.60. The highest BCUT2D eigenvalue weighted by Gasteiger charge is 2.48. The topological polar surface area (TPSA) is 485 Å². The van der Waals surface area contributed by atoms with Gasteiger partial charge in [-0.05, 0) is 173 Å². The molecule has 0 radical (unpaired) electrons. The molecule has 1 aromatic heterocycles. The van der Waals surface area contributed by atoms with Crippen LogP contribution < -0.4 is 14.2 Å². The number of phenols is 3. The number of aliphatic hydroxyl groups excluding tert-OH is 16. The SMILES string of the molecule is Cc1ccc([C@@H]2OC(CO)[C@@H](O)[C@H](O)C2O)cc1Cc1ccc(-c2ccc(F)cc2)s1.O=C(CCc1ccc(O)cc1)c1c(O)cc(O)cc1O[C@@H]1OC(CO)[C@@H](O)[C@H](O)C1O.OCC1O[C@@H](c2ccc(Cl)c(Cc3ccc(OCCOC4CC4)cc3)c2)C(O)[C@@H](O)[C@@H]1O.OCC1O[C@@H](c2ccc(Cl)c(Cc3ccc(O[C@@H]4CCOC4)cc3)c2)C(O)[C@@H](O)[C@@H]1O. The van der Waals surface area contributed by atoms with E-state index in [0.717, 1.165) is 104 Å². The Hall–Kier alpha value is -8.44. The highest BCUT2D eigenvalue weighted by atomic mass is 35.5. The van der Waals surface area contributed by atoms with Gasteiger partial charge in [0.05, 0.1) is 52.4 Å². The van der Waals surface area contributed by atoms with E-state index in [1.54, 1.807) is 59.9 Å². The van der Waals surface area contributed by atoms with Gasteiger partial charge in [0.2, 0.25) is 6.29 Å². The zero-order valence-corrected chi connectivity index (χ0v) is 70.2. The number of carbonyl (C=O) groups is 1. The number of phenolic OH excluding ortho intramolecular Hbond substituents is 3. The summed E-state index contributed by atoms with van der Waals surface area (Å²) in [6, 6.07) is 50.4. The Morgan fingerprint density at radius 1 is 0.456 bits per heavy atom. The van der Waals surface area contributed by atoms with Gasteiger partial charge >= 0.3 is 0 Å². The minimum absolute atomic E-state index is 0.0475. The van der Waals surface area contributed by atoms with Crippen molar-refractivity contribution in [3.63, 3.8) is 0 Å². The first-order chi connectivity index (χ1) is 60.0. The first kappa shape index (κ1) is 95.7. The van der Waals surface area contributed by atoms with Crippen LogP contribution in [0.1, 0.15) is 115 Å². The number of thiophene rings is 1. The number of hydrogen-bond acceptors (Lipinski definition) is 30. The third kappa shape index (κ3) is 24.7. The number of aliphatic hydroxyl groups is 16. The zero-order valence-electron chi connectivity index (χ0n) is 67.9. The van der Waals surface area contributed by atoms with E-state index in [9.17, 15) is 106 Å². The van der Waals surface area contributed by atoms with Crippen LogP contribution in [0.15, 0.2) is 176 Å². The molecule has 15 rings (SSSR count). The summed E-state index contributed by atoms with van der Waals surface area (Å²) in [5, 5.41) is 190. The van der Waals surface area contributed by atoms with E-state index in [0.29, 0.717) is 78.3 Å². The highest BCUT2D eigenvalue weighted by Crippen LogP contribution is 2.42. The summed E-state index contributed by atoms with van der Waals surface area (Å²) in [5.74, 6) is -0.442. The van der Waals surface area contributed by atoms with Crippen LogP contribution in [0.25, 0.3) is 10.4 Å². The number of aromatic hydroxyl groups is 3. The normalized spacial score (nSPS) is 27.8. The number of benzene rings is 8. The lowest BCUT2D eigenvalue weighted by Gasteiger charge is -2.40. The highest BCUT2D eigenvalue weighted by molar-refractivity contribution is 7.15. The van der Waals surface area contributed by atoms with Gasteiger partial charge in [-0.1, -0.05) is 114 Å². The van der Waals surface area contributed by atoms with Gasteiger partial charge in [-0.25, -0.2) is 4.39 Å². The molecule has 6 aliphatic rings. The minimum atomic E-state index is -1.73. The molecule has 0 spiro atoms. The Bertz CT molecular complexity index is 4920. The number of aryl methyl sites for hydroxylation is 2. The molecular weight excluding hydrogens is 1690 g/mol. The van der Waals surface area contributed by atoms with Crippen LogP contribution in [0, 0.1) is 12.7 Å². The third-order valence-electron chi connectivity index (χ3n) is 22.4. The molecule has 0 bridgehead atoms. The lowest BCUT2D eigenvalue weighted by atomic mass is 9.89. The van der Waals surface area contributed by atoms with Gasteiger partial charge in [0.15, 0.2) is 5.78 Å². The summed E-state index contributed by atoms with van der Waals surface area (Å²) >= 11 is 14.4. The van der Waals surface area contributed by atoms with Crippen molar-refractivity contribution in [1.29, 1.82) is 0 Å². The Balaban J connectivity index is 0.000000152. The first-order valence-corrected chi connectivity index (χ1v) is 42.5. The molecule has 8 aromatic carbocycles. The Labute approximate surface area is 733 Å². The third-order valence-corrected chi connectivity index (χ3v) is 24.3. The van der Waals surface area contributed by atoms with Gasteiger partial charge in [0.25, 0.3) is 0 Å². The van der Waals surface area contributed by atoms with Crippen molar-refractivity contribution in [2.24, 2.45) is 0 Å². The molecule has 19 N–H and O–H groups in total. The van der Waals surface area contributed by atoms with Crippen LogP contribution in [0.4, 0.5) is 4.39 Å². The molecular formula is C92H105Cl2FO29S. The second kappa shape index (κ2) is 44.5. The van der Waals surface area contributed by atoms with Crippen LogP contribution >= 0.6 is 34.5 Å². The fraction of sp³-hybridized carbons (Fsp3) is 0.424. The number of ether oxygens (including phenoxy) is 9. The summed E-state index contributed by atoms with van der Waals surface area (Å²) in [7, 11) is 0. The van der Waals surface area contributed by atoms with Crippen LogP contribution in [0.2, 0.25) is 10.0 Å². The van der Waals surface area contributed by atoms with E-state index < -0.39 is 166 Å². The fourth-order valence-corrected chi connectivity index (χ4v) is 16.4. The van der Waals surface area contributed by atoms with Crippen molar-refractivity contribution in [3.8, 4) is 44.9 Å². The van der Waals surface area contributed by atoms with Crippen molar-refractivity contribution in [2.75, 3.05) is 52.9 Å². The number of rotatable bonds is 27. The van der Waals surface area contributed by atoms with Gasteiger partial charge in [-0.15, -0.1) is 11.3 Å². The van der Waals surface area contributed by atoms with E-state index in [2.05, 4.69) is 0 Å². The summed E-state index contributed by atoms with van der Waals surface area (Å²) < 4.78 is 63.4.